The lowest BCUT2D eigenvalue weighted by molar-refractivity contribution is 0.0915. The largest absolute Gasteiger partial charge is 0.348 e. The van der Waals surface area contributed by atoms with Gasteiger partial charge in [-0.3, -0.25) is 9.78 Å². The Kier molecular flexibility index (Phi) is 9.55. The Morgan fingerprint density at radius 2 is 1.85 bits per heavy atom. The highest BCUT2D eigenvalue weighted by atomic mass is 35.5. The van der Waals surface area contributed by atoms with E-state index in [0.717, 1.165) is 0 Å². The fraction of sp³-hybridized carbons (Fsp3) is 0.571. The van der Waals surface area contributed by atoms with Crippen molar-refractivity contribution in [1.82, 2.24) is 10.3 Å². The highest BCUT2D eigenvalue weighted by molar-refractivity contribution is 5.94. The normalized spacial score (nSPS) is 16.4. The number of hydrogen-bond donors (Lipinski definition) is 2. The summed E-state index contributed by atoms with van der Waals surface area (Å²) in [5, 5.41) is 3.06. The highest BCUT2D eigenvalue weighted by Crippen LogP contribution is 2.26. The molecule has 6 heteroatoms. The Bertz CT molecular complexity index is 383. The van der Waals surface area contributed by atoms with Crippen molar-refractivity contribution in [2.24, 2.45) is 11.7 Å². The van der Waals surface area contributed by atoms with Crippen LogP contribution in [0.3, 0.4) is 0 Å². The first-order valence-electron chi connectivity index (χ1n) is 6.72. The summed E-state index contributed by atoms with van der Waals surface area (Å²) in [6.45, 7) is 0.515. The number of amides is 1. The van der Waals surface area contributed by atoms with Crippen LogP contribution in [0.5, 0.6) is 0 Å². The van der Waals surface area contributed by atoms with Gasteiger partial charge in [0, 0.05) is 30.5 Å². The Morgan fingerprint density at radius 3 is 2.40 bits per heavy atom. The van der Waals surface area contributed by atoms with E-state index in [9.17, 15) is 4.79 Å². The minimum absolute atomic E-state index is 0. The topological polar surface area (TPSA) is 68.0 Å². The lowest BCUT2D eigenvalue weighted by atomic mass is 9.84. The molecule has 20 heavy (non-hydrogen) atoms. The quantitative estimate of drug-likeness (QED) is 0.896. The van der Waals surface area contributed by atoms with Crippen LogP contribution >= 0.6 is 24.8 Å². The van der Waals surface area contributed by atoms with Crippen molar-refractivity contribution in [3.63, 3.8) is 0 Å². The first-order chi connectivity index (χ1) is 8.81. The molecule has 1 heterocycles. The third-order valence-electron chi connectivity index (χ3n) is 3.73. The Morgan fingerprint density at radius 1 is 1.25 bits per heavy atom. The monoisotopic (exact) mass is 319 g/mol. The molecule has 3 N–H and O–H groups in total. The molecule has 114 valence electrons. The second kappa shape index (κ2) is 9.97. The van der Waals surface area contributed by atoms with Gasteiger partial charge in [0.15, 0.2) is 0 Å². The van der Waals surface area contributed by atoms with Gasteiger partial charge in [0.25, 0.3) is 5.91 Å². The van der Waals surface area contributed by atoms with E-state index in [1.165, 1.54) is 32.1 Å². The summed E-state index contributed by atoms with van der Waals surface area (Å²) in [6.07, 6.45) is 9.45. The number of carbonyl (C=O) groups is 1. The molecule has 1 aliphatic rings. The molecule has 0 bridgehead atoms. The standard InChI is InChI=1S/C14H21N3O.2ClH/c15-10-13(11-4-2-1-3-5-11)17-14(18)12-6-8-16-9-7-12;;/h6-9,11,13H,1-5,10,15H2,(H,17,18);2*1H. The van der Waals surface area contributed by atoms with E-state index in [1.807, 2.05) is 0 Å². The van der Waals surface area contributed by atoms with Gasteiger partial charge in [0.1, 0.15) is 0 Å². The van der Waals surface area contributed by atoms with Crippen LogP contribution in [0.1, 0.15) is 42.5 Å². The average Bonchev–Trinajstić information content (AvgIpc) is 2.46. The van der Waals surface area contributed by atoms with Crippen molar-refractivity contribution in [2.75, 3.05) is 6.54 Å². The van der Waals surface area contributed by atoms with Gasteiger partial charge >= 0.3 is 0 Å². The summed E-state index contributed by atoms with van der Waals surface area (Å²) < 4.78 is 0. The van der Waals surface area contributed by atoms with Gasteiger partial charge in [-0.05, 0) is 30.9 Å². The zero-order chi connectivity index (χ0) is 12.8. The van der Waals surface area contributed by atoms with Gasteiger partial charge in [-0.2, -0.15) is 0 Å². The highest BCUT2D eigenvalue weighted by Gasteiger charge is 2.24. The Balaban J connectivity index is 0.00000180. The fourth-order valence-electron chi connectivity index (χ4n) is 2.66. The van der Waals surface area contributed by atoms with Gasteiger partial charge in [-0.1, -0.05) is 19.3 Å². The maximum absolute atomic E-state index is 12.1. The summed E-state index contributed by atoms with van der Waals surface area (Å²) in [5.41, 5.74) is 6.46. The number of carbonyl (C=O) groups excluding carboxylic acids is 1. The van der Waals surface area contributed by atoms with Crippen molar-refractivity contribution < 1.29 is 4.79 Å². The summed E-state index contributed by atoms with van der Waals surface area (Å²) in [4.78, 5) is 16.0. The van der Waals surface area contributed by atoms with Crippen LogP contribution < -0.4 is 11.1 Å². The van der Waals surface area contributed by atoms with Crippen molar-refractivity contribution in [2.45, 2.75) is 38.1 Å². The van der Waals surface area contributed by atoms with Gasteiger partial charge in [0.2, 0.25) is 0 Å². The van der Waals surface area contributed by atoms with E-state index in [1.54, 1.807) is 24.5 Å². The van der Waals surface area contributed by atoms with E-state index in [0.29, 0.717) is 18.0 Å². The summed E-state index contributed by atoms with van der Waals surface area (Å²) in [6, 6.07) is 3.55. The minimum atomic E-state index is -0.0431. The first-order valence-corrected chi connectivity index (χ1v) is 6.72. The van der Waals surface area contributed by atoms with E-state index >= 15 is 0 Å². The second-order valence-corrected chi connectivity index (χ2v) is 4.95. The van der Waals surface area contributed by atoms with Crippen LogP contribution in [0.2, 0.25) is 0 Å². The molecule has 1 aromatic rings. The van der Waals surface area contributed by atoms with Crippen LogP contribution in [0.15, 0.2) is 24.5 Å². The molecule has 1 saturated carbocycles. The molecule has 0 spiro atoms. The molecular weight excluding hydrogens is 297 g/mol. The molecule has 1 fully saturated rings. The molecular formula is C14H23Cl2N3O. The second-order valence-electron chi connectivity index (χ2n) is 4.95. The zero-order valence-electron chi connectivity index (χ0n) is 11.5. The molecule has 0 radical (unpaired) electrons. The molecule has 1 amide bonds. The lowest BCUT2D eigenvalue weighted by Gasteiger charge is -2.30. The molecule has 1 atom stereocenters. The molecule has 0 saturated heterocycles. The van der Waals surface area contributed by atoms with Gasteiger partial charge in [-0.25, -0.2) is 0 Å². The van der Waals surface area contributed by atoms with Crippen molar-refractivity contribution in [3.8, 4) is 0 Å². The lowest BCUT2D eigenvalue weighted by Crippen LogP contribution is -2.45. The third-order valence-corrected chi connectivity index (χ3v) is 3.73. The Hall–Kier alpha value is -0.840. The number of hydrogen-bond acceptors (Lipinski definition) is 3. The van der Waals surface area contributed by atoms with Crippen molar-refractivity contribution >= 4 is 30.7 Å². The summed E-state index contributed by atoms with van der Waals surface area (Å²) in [7, 11) is 0. The summed E-state index contributed by atoms with van der Waals surface area (Å²) >= 11 is 0. The van der Waals surface area contributed by atoms with Crippen LogP contribution in [-0.2, 0) is 0 Å². The third kappa shape index (κ3) is 5.27. The molecule has 1 aromatic heterocycles. The number of nitrogens with zero attached hydrogens (tertiary/aromatic N) is 1. The average molecular weight is 320 g/mol. The molecule has 1 unspecified atom stereocenters. The van der Waals surface area contributed by atoms with Gasteiger partial charge < -0.3 is 11.1 Å². The number of nitrogens with one attached hydrogen (secondary N) is 1. The van der Waals surface area contributed by atoms with Crippen LogP contribution in [0.25, 0.3) is 0 Å². The first kappa shape index (κ1) is 19.2. The number of halogens is 2. The van der Waals surface area contributed by atoms with E-state index in [4.69, 9.17) is 5.73 Å². The molecule has 4 nitrogen and oxygen atoms in total. The number of rotatable bonds is 4. The SMILES string of the molecule is Cl.Cl.NCC(NC(=O)c1ccncc1)C1CCCCC1. The molecule has 0 aliphatic heterocycles. The Labute approximate surface area is 132 Å². The van der Waals surface area contributed by atoms with Gasteiger partial charge in [0.05, 0.1) is 0 Å². The molecule has 0 aromatic carbocycles. The van der Waals surface area contributed by atoms with Crippen LogP contribution in [0, 0.1) is 5.92 Å². The fourth-order valence-corrected chi connectivity index (χ4v) is 2.66. The molecule has 2 rings (SSSR count). The van der Waals surface area contributed by atoms with E-state index in [2.05, 4.69) is 10.3 Å². The predicted molar refractivity (Wildman–Crippen MR) is 85.6 cm³/mol. The number of pyridine rings is 1. The predicted octanol–water partition coefficient (Wildman–Crippen LogP) is 2.56. The maximum atomic E-state index is 12.1. The van der Waals surface area contributed by atoms with E-state index in [-0.39, 0.29) is 36.8 Å². The molecule has 1 aliphatic carbocycles. The smallest absolute Gasteiger partial charge is 0.251 e. The van der Waals surface area contributed by atoms with Crippen LogP contribution in [-0.4, -0.2) is 23.5 Å². The van der Waals surface area contributed by atoms with Crippen molar-refractivity contribution in [1.29, 1.82) is 0 Å². The van der Waals surface area contributed by atoms with Crippen molar-refractivity contribution in [3.05, 3.63) is 30.1 Å². The van der Waals surface area contributed by atoms with E-state index < -0.39 is 0 Å². The minimum Gasteiger partial charge on any atom is -0.348 e. The van der Waals surface area contributed by atoms with Gasteiger partial charge in [-0.15, -0.1) is 24.8 Å². The van der Waals surface area contributed by atoms with Crippen LogP contribution in [0.4, 0.5) is 0 Å². The number of nitrogens with two attached hydrogens (primary N) is 1. The number of aromatic nitrogens is 1. The zero-order valence-corrected chi connectivity index (χ0v) is 13.1. The summed E-state index contributed by atoms with van der Waals surface area (Å²) in [5.74, 6) is 0.493. The maximum Gasteiger partial charge on any atom is 0.251 e.